The molecule has 176 valence electrons. The summed E-state index contributed by atoms with van der Waals surface area (Å²) >= 11 is 7.82. The smallest absolute Gasteiger partial charge is 0.264 e. The monoisotopic (exact) mass is 487 g/mol. The van der Waals surface area contributed by atoms with E-state index in [0.29, 0.717) is 44.3 Å². The number of likely N-dealkylation sites (N-methyl/N-ethyl adjacent to an activating group) is 1. The summed E-state index contributed by atoms with van der Waals surface area (Å²) in [7, 11) is 0. The molecular formula is C24H30ClN5O2S. The molecule has 3 aromatic rings. The highest BCUT2D eigenvalue weighted by molar-refractivity contribution is 7.20. The molecule has 0 radical (unpaired) electrons. The molecule has 1 aliphatic rings. The number of carbonyl (C=O) groups excluding carboxylic acids is 2. The van der Waals surface area contributed by atoms with Gasteiger partial charge in [0, 0.05) is 49.7 Å². The van der Waals surface area contributed by atoms with Gasteiger partial charge in [-0.1, -0.05) is 29.8 Å². The third-order valence-corrected chi connectivity index (χ3v) is 7.74. The van der Waals surface area contributed by atoms with Crippen LogP contribution in [-0.4, -0.2) is 82.1 Å². The molecule has 1 aromatic carbocycles. The van der Waals surface area contributed by atoms with Gasteiger partial charge in [-0.15, -0.1) is 11.3 Å². The summed E-state index contributed by atoms with van der Waals surface area (Å²) in [5, 5.41) is 6.39. The molecule has 0 N–H and O–H groups in total. The fourth-order valence-corrected chi connectivity index (χ4v) is 5.57. The van der Waals surface area contributed by atoms with E-state index in [1.54, 1.807) is 0 Å². The van der Waals surface area contributed by atoms with E-state index in [9.17, 15) is 9.59 Å². The molecule has 1 saturated heterocycles. The van der Waals surface area contributed by atoms with Gasteiger partial charge in [0.15, 0.2) is 0 Å². The van der Waals surface area contributed by atoms with Crippen molar-refractivity contribution in [2.24, 2.45) is 0 Å². The Morgan fingerprint density at radius 3 is 2.48 bits per heavy atom. The van der Waals surface area contributed by atoms with E-state index in [1.807, 2.05) is 65.6 Å². The molecule has 0 saturated carbocycles. The summed E-state index contributed by atoms with van der Waals surface area (Å²) < 4.78 is 1.93. The number of rotatable bonds is 7. The van der Waals surface area contributed by atoms with E-state index < -0.39 is 0 Å². The Kier molecular flexibility index (Phi) is 7.36. The van der Waals surface area contributed by atoms with Crippen molar-refractivity contribution < 1.29 is 9.59 Å². The van der Waals surface area contributed by atoms with Gasteiger partial charge in [0.1, 0.15) is 4.83 Å². The molecule has 2 aromatic heterocycles. The maximum absolute atomic E-state index is 13.2. The first-order valence-electron chi connectivity index (χ1n) is 11.4. The molecule has 4 rings (SSSR count). The van der Waals surface area contributed by atoms with Crippen LogP contribution in [0.5, 0.6) is 0 Å². The number of hydrogen-bond donors (Lipinski definition) is 0. The third-order valence-electron chi connectivity index (χ3n) is 6.23. The second kappa shape index (κ2) is 10.2. The maximum Gasteiger partial charge on any atom is 0.264 e. The van der Waals surface area contributed by atoms with Crippen LogP contribution in [0.1, 0.15) is 34.8 Å². The Labute approximate surface area is 203 Å². The number of benzene rings is 1. The minimum Gasteiger partial charge on any atom is -0.342 e. The standard InChI is InChI=1S/C24H30ClN5O2S/c1-4-28(5-2)22(31)16-27-10-12-29(13-11-27)23(32)21-14-19-17(3)26-30(24(19)33-21)15-18-8-6-7-9-20(18)25/h6-9,14H,4-5,10-13,15-16H2,1-3H3. The first-order valence-corrected chi connectivity index (χ1v) is 12.6. The summed E-state index contributed by atoms with van der Waals surface area (Å²) in [5.74, 6) is 0.206. The van der Waals surface area contributed by atoms with E-state index in [2.05, 4.69) is 10.00 Å². The number of halogens is 1. The predicted molar refractivity (Wildman–Crippen MR) is 133 cm³/mol. The number of piperazine rings is 1. The molecule has 1 fully saturated rings. The first kappa shape index (κ1) is 23.7. The first-order chi connectivity index (χ1) is 15.9. The van der Waals surface area contributed by atoms with E-state index in [0.717, 1.165) is 39.4 Å². The number of nitrogens with zero attached hydrogens (tertiary/aromatic N) is 5. The summed E-state index contributed by atoms with van der Waals surface area (Å²) in [6, 6.07) is 9.72. The van der Waals surface area contributed by atoms with Crippen molar-refractivity contribution in [3.8, 4) is 0 Å². The highest BCUT2D eigenvalue weighted by atomic mass is 35.5. The molecule has 9 heteroatoms. The van der Waals surface area contributed by atoms with Gasteiger partial charge in [-0.3, -0.25) is 19.2 Å². The van der Waals surface area contributed by atoms with Crippen molar-refractivity contribution in [1.82, 2.24) is 24.5 Å². The highest BCUT2D eigenvalue weighted by Gasteiger charge is 2.26. The van der Waals surface area contributed by atoms with Gasteiger partial charge in [0.2, 0.25) is 5.91 Å². The van der Waals surface area contributed by atoms with Crippen molar-refractivity contribution in [2.45, 2.75) is 27.3 Å². The lowest BCUT2D eigenvalue weighted by atomic mass is 10.2. The SMILES string of the molecule is CCN(CC)C(=O)CN1CCN(C(=O)c2cc3c(C)nn(Cc4ccccc4Cl)c3s2)CC1. The molecule has 0 atom stereocenters. The second-order valence-electron chi connectivity index (χ2n) is 8.30. The minimum absolute atomic E-state index is 0.0506. The Hall–Kier alpha value is -2.42. The largest absolute Gasteiger partial charge is 0.342 e. The van der Waals surface area contributed by atoms with E-state index in [4.69, 9.17) is 11.6 Å². The molecule has 0 aliphatic carbocycles. The van der Waals surface area contributed by atoms with Crippen molar-refractivity contribution >= 4 is 45.0 Å². The molecule has 33 heavy (non-hydrogen) atoms. The number of carbonyl (C=O) groups is 2. The van der Waals surface area contributed by atoms with Crippen LogP contribution < -0.4 is 0 Å². The third kappa shape index (κ3) is 5.08. The second-order valence-corrected chi connectivity index (χ2v) is 9.74. The zero-order valence-corrected chi connectivity index (χ0v) is 21.0. The van der Waals surface area contributed by atoms with Gasteiger partial charge in [-0.25, -0.2) is 0 Å². The molecular weight excluding hydrogens is 458 g/mol. The lowest BCUT2D eigenvalue weighted by molar-refractivity contribution is -0.132. The highest BCUT2D eigenvalue weighted by Crippen LogP contribution is 2.30. The van der Waals surface area contributed by atoms with E-state index in [-0.39, 0.29) is 11.8 Å². The van der Waals surface area contributed by atoms with Gasteiger partial charge in [0.05, 0.1) is 23.7 Å². The van der Waals surface area contributed by atoms with E-state index in [1.165, 1.54) is 11.3 Å². The maximum atomic E-state index is 13.2. The number of aromatic nitrogens is 2. The Balaban J connectivity index is 1.43. The molecule has 3 heterocycles. The summed E-state index contributed by atoms with van der Waals surface area (Å²) in [6.07, 6.45) is 0. The van der Waals surface area contributed by atoms with Gasteiger partial charge < -0.3 is 9.80 Å². The molecule has 0 bridgehead atoms. The number of fused-ring (bicyclic) bond motifs is 1. The van der Waals surface area contributed by atoms with Crippen LogP contribution in [-0.2, 0) is 11.3 Å². The van der Waals surface area contributed by atoms with Crippen LogP contribution in [0.25, 0.3) is 10.2 Å². The molecule has 7 nitrogen and oxygen atoms in total. The summed E-state index contributed by atoms with van der Waals surface area (Å²) in [6.45, 7) is 11.1. The molecule has 1 aliphatic heterocycles. The van der Waals surface area contributed by atoms with Crippen molar-refractivity contribution in [3.05, 3.63) is 51.5 Å². The predicted octanol–water partition coefficient (Wildman–Crippen LogP) is 3.73. The van der Waals surface area contributed by atoms with Crippen LogP contribution in [0.4, 0.5) is 0 Å². The van der Waals surface area contributed by atoms with Crippen LogP contribution in [0.2, 0.25) is 5.02 Å². The average molecular weight is 488 g/mol. The average Bonchev–Trinajstić information content (AvgIpc) is 3.37. The summed E-state index contributed by atoms with van der Waals surface area (Å²) in [5.41, 5.74) is 1.91. The van der Waals surface area contributed by atoms with E-state index >= 15 is 0 Å². The number of aryl methyl sites for hydroxylation is 1. The lowest BCUT2D eigenvalue weighted by Gasteiger charge is -2.35. The number of amides is 2. The fourth-order valence-electron chi connectivity index (χ4n) is 4.25. The number of thiophene rings is 1. The normalized spacial score (nSPS) is 14.7. The zero-order valence-electron chi connectivity index (χ0n) is 19.4. The van der Waals surface area contributed by atoms with Crippen molar-refractivity contribution in [1.29, 1.82) is 0 Å². The van der Waals surface area contributed by atoms with Crippen molar-refractivity contribution in [2.75, 3.05) is 45.8 Å². The van der Waals surface area contributed by atoms with Gasteiger partial charge in [0.25, 0.3) is 5.91 Å². The van der Waals surface area contributed by atoms with Gasteiger partial charge >= 0.3 is 0 Å². The molecule has 2 amide bonds. The minimum atomic E-state index is 0.0506. The Morgan fingerprint density at radius 1 is 1.12 bits per heavy atom. The van der Waals surface area contributed by atoms with Crippen LogP contribution in [0.15, 0.2) is 30.3 Å². The van der Waals surface area contributed by atoms with Gasteiger partial charge in [-0.05, 0) is 38.5 Å². The Bertz CT molecular complexity index is 1150. The van der Waals surface area contributed by atoms with Crippen molar-refractivity contribution in [3.63, 3.8) is 0 Å². The topological polar surface area (TPSA) is 61.7 Å². The van der Waals surface area contributed by atoms with Crippen LogP contribution in [0.3, 0.4) is 0 Å². The summed E-state index contributed by atoms with van der Waals surface area (Å²) in [4.78, 5) is 33.2. The molecule has 0 spiro atoms. The quantitative estimate of drug-likeness (QED) is 0.509. The van der Waals surface area contributed by atoms with Crippen LogP contribution >= 0.6 is 22.9 Å². The Morgan fingerprint density at radius 2 is 1.82 bits per heavy atom. The zero-order chi connectivity index (χ0) is 23.5. The molecule has 0 unspecified atom stereocenters. The van der Waals surface area contributed by atoms with Crippen LogP contribution in [0, 0.1) is 6.92 Å². The lowest BCUT2D eigenvalue weighted by Crippen LogP contribution is -2.51. The van der Waals surface area contributed by atoms with Gasteiger partial charge in [-0.2, -0.15) is 5.10 Å². The fraction of sp³-hybridized carbons (Fsp3) is 0.458. The number of hydrogen-bond acceptors (Lipinski definition) is 5.